The molecule has 4 heteroatoms. The zero-order valence-corrected chi connectivity index (χ0v) is 22.2. The lowest BCUT2D eigenvalue weighted by Gasteiger charge is -2.53. The van der Waals surface area contributed by atoms with Crippen molar-refractivity contribution in [2.24, 2.45) is 22.7 Å². The van der Waals surface area contributed by atoms with Crippen LogP contribution in [0.25, 0.3) is 0 Å². The zero-order chi connectivity index (χ0) is 25.3. The van der Waals surface area contributed by atoms with Gasteiger partial charge in [-0.05, 0) is 92.2 Å². The van der Waals surface area contributed by atoms with Crippen LogP contribution in [-0.2, 0) is 9.53 Å². The van der Waals surface area contributed by atoms with Gasteiger partial charge in [0.15, 0.2) is 5.78 Å². The molecular formula is C32H39NO3. The summed E-state index contributed by atoms with van der Waals surface area (Å²) in [6.45, 7) is 5.77. The van der Waals surface area contributed by atoms with Crippen molar-refractivity contribution >= 4 is 11.5 Å². The molecule has 0 radical (unpaired) electrons. The smallest absolute Gasteiger partial charge is 0.156 e. The van der Waals surface area contributed by atoms with Crippen LogP contribution in [0.5, 0.6) is 0 Å². The van der Waals surface area contributed by atoms with E-state index in [1.807, 2.05) is 6.08 Å². The maximum absolute atomic E-state index is 12.3. The van der Waals surface area contributed by atoms with Gasteiger partial charge in [-0.2, -0.15) is 0 Å². The lowest BCUT2D eigenvalue weighted by molar-refractivity contribution is -0.114. The molecular weight excluding hydrogens is 446 g/mol. The van der Waals surface area contributed by atoms with Gasteiger partial charge < -0.3 is 14.7 Å². The van der Waals surface area contributed by atoms with Crippen molar-refractivity contribution in [3.05, 3.63) is 52.6 Å². The summed E-state index contributed by atoms with van der Waals surface area (Å²) < 4.78 is 5.42. The van der Waals surface area contributed by atoms with Crippen molar-refractivity contribution in [1.82, 2.24) is 0 Å². The Morgan fingerprint density at radius 1 is 1.03 bits per heavy atom. The highest BCUT2D eigenvalue weighted by Crippen LogP contribution is 2.66. The summed E-state index contributed by atoms with van der Waals surface area (Å²) in [7, 11) is 4.15. The van der Waals surface area contributed by atoms with Crippen molar-refractivity contribution < 1.29 is 14.6 Å². The molecule has 190 valence electrons. The van der Waals surface area contributed by atoms with Gasteiger partial charge in [-0.3, -0.25) is 4.79 Å². The molecule has 0 aromatic heterocycles. The highest BCUT2D eigenvalue weighted by atomic mass is 16.5. The maximum Gasteiger partial charge on any atom is 0.156 e. The number of ketones is 1. The number of carbonyl (C=O) groups excluding carboxylic acids is 1. The largest absolute Gasteiger partial charge is 0.378 e. The molecule has 2 saturated carbocycles. The second-order valence-corrected chi connectivity index (χ2v) is 12.7. The van der Waals surface area contributed by atoms with Gasteiger partial charge in [0, 0.05) is 37.5 Å². The molecule has 5 aliphatic rings. The number of fused-ring (bicyclic) bond motifs is 4. The number of nitrogens with zero attached hydrogens (tertiary/aromatic N) is 1. The summed E-state index contributed by atoms with van der Waals surface area (Å²) in [5.74, 6) is 8.27. The van der Waals surface area contributed by atoms with Crippen LogP contribution >= 0.6 is 0 Å². The second kappa shape index (κ2) is 8.33. The molecule has 1 heterocycles. The fourth-order valence-corrected chi connectivity index (χ4v) is 7.91. The second-order valence-electron chi connectivity index (χ2n) is 12.7. The number of aliphatic hydroxyl groups is 1. The quantitative estimate of drug-likeness (QED) is 0.568. The monoisotopic (exact) mass is 485 g/mol. The molecule has 1 N–H and O–H groups in total. The van der Waals surface area contributed by atoms with Gasteiger partial charge in [0.1, 0.15) is 5.60 Å². The number of benzene rings is 1. The van der Waals surface area contributed by atoms with Crippen LogP contribution in [0, 0.1) is 34.5 Å². The Hall–Kier alpha value is -2.35. The number of ether oxygens (including phenoxy) is 1. The predicted molar refractivity (Wildman–Crippen MR) is 143 cm³/mol. The van der Waals surface area contributed by atoms with Gasteiger partial charge in [0.2, 0.25) is 0 Å². The van der Waals surface area contributed by atoms with Crippen molar-refractivity contribution in [2.45, 2.75) is 70.3 Å². The number of allylic oxidation sites excluding steroid dienone is 4. The molecule has 4 aliphatic carbocycles. The van der Waals surface area contributed by atoms with Crippen molar-refractivity contribution in [1.29, 1.82) is 0 Å². The number of anilines is 1. The molecule has 36 heavy (non-hydrogen) atoms. The van der Waals surface area contributed by atoms with Gasteiger partial charge in [-0.1, -0.05) is 36.5 Å². The molecule has 6 rings (SSSR count). The van der Waals surface area contributed by atoms with Gasteiger partial charge in [0.25, 0.3) is 0 Å². The topological polar surface area (TPSA) is 49.8 Å². The average molecular weight is 486 g/mol. The van der Waals surface area contributed by atoms with Crippen LogP contribution in [0.4, 0.5) is 5.69 Å². The third-order valence-electron chi connectivity index (χ3n) is 10.1. The Kier molecular flexibility index (Phi) is 5.56. The third kappa shape index (κ3) is 3.62. The first-order chi connectivity index (χ1) is 17.1. The molecule has 1 aromatic rings. The summed E-state index contributed by atoms with van der Waals surface area (Å²) >= 11 is 0. The average Bonchev–Trinajstić information content (AvgIpc) is 3.11. The van der Waals surface area contributed by atoms with E-state index < -0.39 is 5.60 Å². The van der Waals surface area contributed by atoms with E-state index in [4.69, 9.17) is 4.74 Å². The fraction of sp³-hybridized carbons (Fsp3) is 0.594. The van der Waals surface area contributed by atoms with Gasteiger partial charge in [-0.15, -0.1) is 0 Å². The molecule has 1 aromatic carbocycles. The standard InChI is InChI=1S/C32H39NO3/c1-30(19-36-20-30)15-16-32(35)14-13-28-26-11-7-22-17-24(34)10-12-25(22)29(26)27(18-31(28,32)2)21-5-8-23(9-6-21)33(3)4/h5-6,8-9,17,26-28,35H,7,10-14,18-20H2,1-4H3/t26-,27+,28?,31-,32+/m0/s1. The van der Waals surface area contributed by atoms with Crippen LogP contribution in [0.2, 0.25) is 0 Å². The summed E-state index contributed by atoms with van der Waals surface area (Å²) in [6.07, 6.45) is 8.13. The number of hydrogen-bond acceptors (Lipinski definition) is 4. The molecule has 1 saturated heterocycles. The summed E-state index contributed by atoms with van der Waals surface area (Å²) in [4.78, 5) is 14.4. The van der Waals surface area contributed by atoms with Crippen molar-refractivity contribution in [2.75, 3.05) is 32.2 Å². The molecule has 0 spiro atoms. The number of carbonyl (C=O) groups is 1. The Morgan fingerprint density at radius 2 is 1.78 bits per heavy atom. The lowest BCUT2D eigenvalue weighted by atomic mass is 9.51. The van der Waals surface area contributed by atoms with Crippen LogP contribution in [0.3, 0.4) is 0 Å². The minimum atomic E-state index is -0.979. The van der Waals surface area contributed by atoms with Crippen LogP contribution in [0.1, 0.15) is 70.3 Å². The molecule has 1 aliphatic heterocycles. The van der Waals surface area contributed by atoms with E-state index in [1.54, 1.807) is 5.57 Å². The van der Waals surface area contributed by atoms with E-state index in [0.29, 0.717) is 31.5 Å². The van der Waals surface area contributed by atoms with E-state index in [9.17, 15) is 9.90 Å². The van der Waals surface area contributed by atoms with Crippen LogP contribution in [0.15, 0.2) is 47.1 Å². The molecule has 0 amide bonds. The first-order valence-corrected chi connectivity index (χ1v) is 13.7. The van der Waals surface area contributed by atoms with Crippen molar-refractivity contribution in [3.8, 4) is 11.8 Å². The third-order valence-corrected chi connectivity index (χ3v) is 10.1. The first kappa shape index (κ1) is 24.0. The predicted octanol–water partition coefficient (Wildman–Crippen LogP) is 5.42. The van der Waals surface area contributed by atoms with Gasteiger partial charge >= 0.3 is 0 Å². The molecule has 1 unspecified atom stereocenters. The van der Waals surface area contributed by atoms with Crippen LogP contribution in [-0.4, -0.2) is 43.8 Å². The molecule has 4 nitrogen and oxygen atoms in total. The molecule has 3 fully saturated rings. The number of hydrogen-bond donors (Lipinski definition) is 1. The van der Waals surface area contributed by atoms with E-state index >= 15 is 0 Å². The Labute approximate surface area is 215 Å². The summed E-state index contributed by atoms with van der Waals surface area (Å²) in [5.41, 5.74) is 5.44. The fourth-order valence-electron chi connectivity index (χ4n) is 7.91. The lowest BCUT2D eigenvalue weighted by Crippen LogP contribution is -2.51. The van der Waals surface area contributed by atoms with Crippen molar-refractivity contribution in [3.63, 3.8) is 0 Å². The van der Waals surface area contributed by atoms with E-state index in [2.05, 4.69) is 68.9 Å². The summed E-state index contributed by atoms with van der Waals surface area (Å²) in [5, 5.41) is 12.2. The normalized spacial score (nSPS) is 36.5. The Morgan fingerprint density at radius 3 is 2.44 bits per heavy atom. The molecule has 0 bridgehead atoms. The van der Waals surface area contributed by atoms with Crippen LogP contribution < -0.4 is 4.90 Å². The van der Waals surface area contributed by atoms with E-state index in [1.165, 1.54) is 22.4 Å². The van der Waals surface area contributed by atoms with E-state index in [0.717, 1.165) is 38.5 Å². The summed E-state index contributed by atoms with van der Waals surface area (Å²) in [6, 6.07) is 9.00. The highest BCUT2D eigenvalue weighted by Gasteiger charge is 2.62. The zero-order valence-electron chi connectivity index (χ0n) is 22.2. The Bertz CT molecular complexity index is 1210. The number of rotatable bonds is 2. The molecule has 5 atom stereocenters. The minimum Gasteiger partial charge on any atom is -0.378 e. The Balaban J connectivity index is 1.46. The SMILES string of the molecule is CN(C)c1ccc([C@H]2C[C@@]3(C)C(CC[C@@]3(O)C#CC3(C)COC3)[C@@H]3CCC4=CC(=O)CCC4=C32)cc1. The minimum absolute atomic E-state index is 0.132. The maximum atomic E-state index is 12.3. The van der Waals surface area contributed by atoms with Gasteiger partial charge in [0.05, 0.1) is 18.6 Å². The first-order valence-electron chi connectivity index (χ1n) is 13.7. The van der Waals surface area contributed by atoms with Gasteiger partial charge in [-0.25, -0.2) is 0 Å². The van der Waals surface area contributed by atoms with E-state index in [-0.39, 0.29) is 22.5 Å². The highest BCUT2D eigenvalue weighted by molar-refractivity contribution is 5.93.